The molecule has 1 aliphatic carbocycles. The molecule has 0 spiro atoms. The lowest BCUT2D eigenvalue weighted by atomic mass is 9.78. The third-order valence-corrected chi connectivity index (χ3v) is 5.24. The highest BCUT2D eigenvalue weighted by molar-refractivity contribution is 5.92. The second-order valence-corrected chi connectivity index (χ2v) is 6.81. The second-order valence-electron chi connectivity index (χ2n) is 6.81. The molecule has 0 aromatic heterocycles. The van der Waals surface area contributed by atoms with E-state index in [9.17, 15) is 4.79 Å². The maximum atomic E-state index is 12.2. The molecule has 0 radical (unpaired) electrons. The van der Waals surface area contributed by atoms with Crippen molar-refractivity contribution in [1.82, 2.24) is 4.90 Å². The number of amides is 1. The minimum absolute atomic E-state index is 0.0801. The zero-order valence-corrected chi connectivity index (χ0v) is 13.4. The van der Waals surface area contributed by atoms with Crippen molar-refractivity contribution in [2.45, 2.75) is 38.6 Å². The summed E-state index contributed by atoms with van der Waals surface area (Å²) in [5.74, 6) is 1.36. The van der Waals surface area contributed by atoms with Crippen molar-refractivity contribution < 1.29 is 4.79 Å². The molecule has 2 fully saturated rings. The lowest BCUT2D eigenvalue weighted by molar-refractivity contribution is -0.117. The van der Waals surface area contributed by atoms with Crippen LogP contribution in [0.15, 0.2) is 24.3 Å². The summed E-state index contributed by atoms with van der Waals surface area (Å²) in [5, 5.41) is 3.00. The molecular weight excluding hydrogens is 274 g/mol. The smallest absolute Gasteiger partial charge is 0.238 e. The van der Waals surface area contributed by atoms with Crippen LogP contribution in [0.25, 0.3) is 0 Å². The van der Waals surface area contributed by atoms with Gasteiger partial charge < -0.3 is 11.1 Å². The zero-order valence-electron chi connectivity index (χ0n) is 13.4. The van der Waals surface area contributed by atoms with Crippen LogP contribution in [-0.4, -0.2) is 36.5 Å². The summed E-state index contributed by atoms with van der Waals surface area (Å²) in [5.41, 5.74) is 8.41. The van der Waals surface area contributed by atoms with Gasteiger partial charge in [0.05, 0.1) is 6.54 Å². The molecule has 1 saturated heterocycles. The highest BCUT2D eigenvalue weighted by Gasteiger charge is 2.38. The lowest BCUT2D eigenvalue weighted by Gasteiger charge is -2.29. The first-order valence-electron chi connectivity index (χ1n) is 8.52. The minimum Gasteiger partial charge on any atom is -0.327 e. The summed E-state index contributed by atoms with van der Waals surface area (Å²) in [6.45, 7) is 4.62. The number of carbonyl (C=O) groups is 1. The van der Waals surface area contributed by atoms with Gasteiger partial charge in [-0.25, -0.2) is 0 Å². The summed E-state index contributed by atoms with van der Waals surface area (Å²) in [6.07, 6.45) is 4.68. The molecule has 0 bridgehead atoms. The number of carbonyl (C=O) groups excluding carboxylic acids is 1. The van der Waals surface area contributed by atoms with Crippen LogP contribution in [0.5, 0.6) is 0 Å². The van der Waals surface area contributed by atoms with E-state index in [1.807, 2.05) is 12.1 Å². The summed E-state index contributed by atoms with van der Waals surface area (Å²) >= 11 is 0. The Morgan fingerprint density at radius 1 is 1.27 bits per heavy atom. The van der Waals surface area contributed by atoms with Gasteiger partial charge in [-0.05, 0) is 48.8 Å². The van der Waals surface area contributed by atoms with Crippen LogP contribution in [0.2, 0.25) is 0 Å². The van der Waals surface area contributed by atoms with Gasteiger partial charge in [0.2, 0.25) is 5.91 Å². The van der Waals surface area contributed by atoms with Crippen LogP contribution >= 0.6 is 0 Å². The first kappa shape index (κ1) is 15.5. The fraction of sp³-hybridized carbons (Fsp3) is 0.611. The Morgan fingerprint density at radius 2 is 2.05 bits per heavy atom. The van der Waals surface area contributed by atoms with E-state index in [2.05, 4.69) is 29.3 Å². The van der Waals surface area contributed by atoms with E-state index in [0.29, 0.717) is 24.4 Å². The van der Waals surface area contributed by atoms with E-state index in [-0.39, 0.29) is 5.91 Å². The predicted octanol–water partition coefficient (Wildman–Crippen LogP) is 2.25. The first-order valence-corrected chi connectivity index (χ1v) is 8.52. The largest absolute Gasteiger partial charge is 0.327 e. The van der Waals surface area contributed by atoms with Crippen molar-refractivity contribution in [2.75, 3.05) is 25.0 Å². The number of nitrogens with one attached hydrogen (secondary N) is 1. The monoisotopic (exact) mass is 301 g/mol. The van der Waals surface area contributed by atoms with Crippen molar-refractivity contribution in [3.05, 3.63) is 29.8 Å². The fourth-order valence-electron chi connectivity index (χ4n) is 3.97. The Bertz CT molecular complexity index is 514. The summed E-state index contributed by atoms with van der Waals surface area (Å²) in [6, 6.07) is 8.43. The molecular formula is C18H27N3O. The van der Waals surface area contributed by atoms with Gasteiger partial charge in [0.25, 0.3) is 0 Å². The maximum Gasteiger partial charge on any atom is 0.238 e. The van der Waals surface area contributed by atoms with E-state index in [1.54, 1.807) is 0 Å². The van der Waals surface area contributed by atoms with Crippen LogP contribution < -0.4 is 11.1 Å². The van der Waals surface area contributed by atoms with Crippen LogP contribution in [0.4, 0.5) is 5.69 Å². The number of anilines is 1. The molecule has 120 valence electrons. The van der Waals surface area contributed by atoms with Crippen LogP contribution in [0.1, 0.15) is 31.7 Å². The highest BCUT2D eigenvalue weighted by Crippen LogP contribution is 2.35. The zero-order chi connectivity index (χ0) is 15.5. The quantitative estimate of drug-likeness (QED) is 0.897. The van der Waals surface area contributed by atoms with Gasteiger partial charge in [0.15, 0.2) is 0 Å². The number of hydrogen-bond acceptors (Lipinski definition) is 3. The molecule has 3 unspecified atom stereocenters. The SMILES string of the molecule is CCc1ccc(NC(=O)CN2CC3CCCC(N)C3C2)cc1. The molecule has 4 nitrogen and oxygen atoms in total. The van der Waals surface area contributed by atoms with Crippen LogP contribution in [-0.2, 0) is 11.2 Å². The molecule has 1 heterocycles. The van der Waals surface area contributed by atoms with Gasteiger partial charge >= 0.3 is 0 Å². The summed E-state index contributed by atoms with van der Waals surface area (Å²) in [7, 11) is 0. The topological polar surface area (TPSA) is 58.4 Å². The molecule has 1 amide bonds. The number of nitrogens with two attached hydrogens (primary N) is 1. The van der Waals surface area contributed by atoms with Gasteiger partial charge in [-0.1, -0.05) is 25.5 Å². The highest BCUT2D eigenvalue weighted by atomic mass is 16.2. The predicted molar refractivity (Wildman–Crippen MR) is 89.7 cm³/mol. The van der Waals surface area contributed by atoms with Crippen molar-refractivity contribution in [1.29, 1.82) is 0 Å². The maximum absolute atomic E-state index is 12.2. The summed E-state index contributed by atoms with van der Waals surface area (Å²) in [4.78, 5) is 14.5. The van der Waals surface area contributed by atoms with E-state index in [0.717, 1.165) is 31.6 Å². The van der Waals surface area contributed by atoms with Gasteiger partial charge in [0, 0.05) is 24.8 Å². The molecule has 1 saturated carbocycles. The number of fused-ring (bicyclic) bond motifs is 1. The lowest BCUT2D eigenvalue weighted by Crippen LogP contribution is -2.38. The van der Waals surface area contributed by atoms with E-state index < -0.39 is 0 Å². The molecule has 1 aliphatic heterocycles. The normalized spacial score (nSPS) is 28.4. The number of rotatable bonds is 4. The fourth-order valence-corrected chi connectivity index (χ4v) is 3.97. The Balaban J connectivity index is 1.51. The van der Waals surface area contributed by atoms with Crippen molar-refractivity contribution in [3.63, 3.8) is 0 Å². The average molecular weight is 301 g/mol. The van der Waals surface area contributed by atoms with Crippen molar-refractivity contribution in [3.8, 4) is 0 Å². The van der Waals surface area contributed by atoms with Crippen LogP contribution in [0, 0.1) is 11.8 Å². The van der Waals surface area contributed by atoms with Gasteiger partial charge in [-0.15, -0.1) is 0 Å². The van der Waals surface area contributed by atoms with Crippen LogP contribution in [0.3, 0.4) is 0 Å². The minimum atomic E-state index is 0.0801. The molecule has 1 aromatic rings. The Labute approximate surface area is 133 Å². The summed E-state index contributed by atoms with van der Waals surface area (Å²) < 4.78 is 0. The second kappa shape index (κ2) is 6.80. The third kappa shape index (κ3) is 3.50. The molecule has 3 N–H and O–H groups in total. The molecule has 2 aliphatic rings. The molecule has 3 rings (SSSR count). The number of hydrogen-bond donors (Lipinski definition) is 2. The Kier molecular flexibility index (Phi) is 4.79. The number of aryl methyl sites for hydroxylation is 1. The average Bonchev–Trinajstić information content (AvgIpc) is 2.92. The van der Waals surface area contributed by atoms with Gasteiger partial charge in [-0.3, -0.25) is 9.69 Å². The first-order chi connectivity index (χ1) is 10.7. The van der Waals surface area contributed by atoms with E-state index in [4.69, 9.17) is 5.73 Å². The Hall–Kier alpha value is -1.39. The molecule has 1 aromatic carbocycles. The van der Waals surface area contributed by atoms with Gasteiger partial charge in [0.1, 0.15) is 0 Å². The number of likely N-dealkylation sites (tertiary alicyclic amines) is 1. The number of benzene rings is 1. The molecule has 4 heteroatoms. The van der Waals surface area contributed by atoms with Crippen molar-refractivity contribution >= 4 is 11.6 Å². The van der Waals surface area contributed by atoms with E-state index in [1.165, 1.54) is 18.4 Å². The number of nitrogens with zero attached hydrogens (tertiary/aromatic N) is 1. The molecule has 22 heavy (non-hydrogen) atoms. The Morgan fingerprint density at radius 3 is 2.73 bits per heavy atom. The molecule has 3 atom stereocenters. The van der Waals surface area contributed by atoms with E-state index >= 15 is 0 Å². The standard InChI is InChI=1S/C18H27N3O/c1-2-13-6-8-15(9-7-13)20-18(22)12-21-10-14-4-3-5-17(19)16(14)11-21/h6-9,14,16-17H,2-5,10-12,19H2,1H3,(H,20,22). The van der Waals surface area contributed by atoms with Gasteiger partial charge in [-0.2, -0.15) is 0 Å². The third-order valence-electron chi connectivity index (χ3n) is 5.24. The van der Waals surface area contributed by atoms with Crippen molar-refractivity contribution in [2.24, 2.45) is 17.6 Å².